The van der Waals surface area contributed by atoms with E-state index in [-0.39, 0.29) is 5.69 Å². The van der Waals surface area contributed by atoms with Gasteiger partial charge in [0.25, 0.3) is 0 Å². The van der Waals surface area contributed by atoms with Crippen molar-refractivity contribution < 1.29 is 13.2 Å². The van der Waals surface area contributed by atoms with Gasteiger partial charge >= 0.3 is 0 Å². The van der Waals surface area contributed by atoms with Crippen LogP contribution in [0.2, 0.25) is 0 Å². The second-order valence-corrected chi connectivity index (χ2v) is 5.07. The van der Waals surface area contributed by atoms with E-state index in [4.69, 9.17) is 0 Å². The highest BCUT2D eigenvalue weighted by Gasteiger charge is 2.13. The molecule has 19 heavy (non-hydrogen) atoms. The number of hydrogen-bond donors (Lipinski definition) is 1. The molecule has 2 rings (SSSR count). The second kappa shape index (κ2) is 5.65. The van der Waals surface area contributed by atoms with Crippen molar-refractivity contribution in [1.29, 1.82) is 0 Å². The molecule has 2 aromatic rings. The van der Waals surface area contributed by atoms with Crippen molar-refractivity contribution in [3.63, 3.8) is 0 Å². The molecule has 0 fully saturated rings. The van der Waals surface area contributed by atoms with Gasteiger partial charge in [0.1, 0.15) is 17.5 Å². The zero-order valence-corrected chi connectivity index (χ0v) is 11.6. The van der Waals surface area contributed by atoms with Crippen LogP contribution >= 0.6 is 15.9 Å². The molecule has 1 atom stereocenters. The van der Waals surface area contributed by atoms with Crippen molar-refractivity contribution >= 4 is 21.6 Å². The van der Waals surface area contributed by atoms with Crippen LogP contribution in [-0.4, -0.2) is 0 Å². The molecule has 5 heteroatoms. The summed E-state index contributed by atoms with van der Waals surface area (Å²) >= 11 is 3.25. The minimum Gasteiger partial charge on any atom is -0.376 e. The molecule has 0 amide bonds. The summed E-state index contributed by atoms with van der Waals surface area (Å²) in [5.74, 6) is -1.53. The molecule has 0 saturated carbocycles. The van der Waals surface area contributed by atoms with Gasteiger partial charge in [-0.3, -0.25) is 0 Å². The zero-order valence-electron chi connectivity index (χ0n) is 10.1. The fraction of sp³-hybridized carbons (Fsp3) is 0.143. The summed E-state index contributed by atoms with van der Waals surface area (Å²) < 4.78 is 40.9. The van der Waals surface area contributed by atoms with E-state index in [2.05, 4.69) is 21.2 Å². The third-order valence-electron chi connectivity index (χ3n) is 2.72. The summed E-state index contributed by atoms with van der Waals surface area (Å²) in [4.78, 5) is 0. The lowest BCUT2D eigenvalue weighted by atomic mass is 10.1. The second-order valence-electron chi connectivity index (χ2n) is 4.16. The topological polar surface area (TPSA) is 12.0 Å². The fourth-order valence-corrected chi connectivity index (χ4v) is 2.14. The van der Waals surface area contributed by atoms with Crippen molar-refractivity contribution in [3.05, 3.63) is 63.9 Å². The summed E-state index contributed by atoms with van der Waals surface area (Å²) in [6, 6.07) is 7.11. The molecular weight excluding hydrogens is 319 g/mol. The van der Waals surface area contributed by atoms with Gasteiger partial charge in [0.15, 0.2) is 0 Å². The van der Waals surface area contributed by atoms with E-state index in [1.54, 1.807) is 19.1 Å². The Morgan fingerprint density at radius 3 is 2.42 bits per heavy atom. The molecule has 2 aromatic carbocycles. The van der Waals surface area contributed by atoms with Crippen molar-refractivity contribution in [2.24, 2.45) is 0 Å². The first kappa shape index (κ1) is 13.9. The molecule has 0 heterocycles. The van der Waals surface area contributed by atoms with E-state index < -0.39 is 23.5 Å². The Hall–Kier alpha value is -1.49. The molecule has 1 unspecified atom stereocenters. The van der Waals surface area contributed by atoms with Crippen LogP contribution in [0.4, 0.5) is 18.9 Å². The molecule has 1 nitrogen and oxygen atoms in total. The molecule has 1 N–H and O–H groups in total. The molecule has 0 bridgehead atoms. The maximum atomic E-state index is 13.7. The normalized spacial score (nSPS) is 12.3. The minimum absolute atomic E-state index is 0.00637. The van der Waals surface area contributed by atoms with Crippen LogP contribution in [0.5, 0.6) is 0 Å². The maximum Gasteiger partial charge on any atom is 0.146 e. The highest BCUT2D eigenvalue weighted by Crippen LogP contribution is 2.26. The summed E-state index contributed by atoms with van der Waals surface area (Å²) in [5, 5.41) is 2.76. The number of halogens is 4. The Balaban J connectivity index is 2.27. The lowest BCUT2D eigenvalue weighted by Crippen LogP contribution is -2.10. The largest absolute Gasteiger partial charge is 0.376 e. The van der Waals surface area contributed by atoms with E-state index in [9.17, 15) is 13.2 Å². The van der Waals surface area contributed by atoms with E-state index in [1.165, 1.54) is 6.07 Å². The summed E-state index contributed by atoms with van der Waals surface area (Å²) in [6.07, 6.45) is 0. The van der Waals surface area contributed by atoms with Crippen LogP contribution in [0.1, 0.15) is 18.5 Å². The summed E-state index contributed by atoms with van der Waals surface area (Å²) in [5.41, 5.74) is 0.380. The standard InChI is InChI=1S/C14H11BrF3N/c1-8(11-6-9(15)2-4-12(11)17)19-14-7-10(16)3-5-13(14)18/h2-8,19H,1H3. The van der Waals surface area contributed by atoms with Crippen molar-refractivity contribution in [1.82, 2.24) is 0 Å². The van der Waals surface area contributed by atoms with Gasteiger partial charge in [-0.2, -0.15) is 0 Å². The van der Waals surface area contributed by atoms with Crippen molar-refractivity contribution in [2.45, 2.75) is 13.0 Å². The molecule has 0 aliphatic rings. The molecular formula is C14H11BrF3N. The van der Waals surface area contributed by atoms with Crippen LogP contribution in [0.15, 0.2) is 40.9 Å². The van der Waals surface area contributed by atoms with Crippen LogP contribution in [0.25, 0.3) is 0 Å². The Labute approximate surface area is 117 Å². The molecule has 0 aliphatic carbocycles. The van der Waals surface area contributed by atoms with Crippen LogP contribution in [0, 0.1) is 17.5 Å². The van der Waals surface area contributed by atoms with Crippen molar-refractivity contribution in [3.8, 4) is 0 Å². The third kappa shape index (κ3) is 3.29. The lowest BCUT2D eigenvalue weighted by Gasteiger charge is -2.17. The Kier molecular flexibility index (Phi) is 4.14. The smallest absolute Gasteiger partial charge is 0.146 e. The van der Waals surface area contributed by atoms with Gasteiger partial charge in [-0.05, 0) is 43.3 Å². The first-order valence-electron chi connectivity index (χ1n) is 5.64. The molecule has 0 aliphatic heterocycles. The van der Waals surface area contributed by atoms with Gasteiger partial charge < -0.3 is 5.32 Å². The Bertz CT molecular complexity index is 601. The van der Waals surface area contributed by atoms with Gasteiger partial charge in [0, 0.05) is 10.0 Å². The quantitative estimate of drug-likeness (QED) is 0.831. The number of hydrogen-bond acceptors (Lipinski definition) is 1. The monoisotopic (exact) mass is 329 g/mol. The predicted molar refractivity (Wildman–Crippen MR) is 72.5 cm³/mol. The van der Waals surface area contributed by atoms with Gasteiger partial charge in [-0.15, -0.1) is 0 Å². The molecule has 0 saturated heterocycles. The van der Waals surface area contributed by atoms with Crippen LogP contribution in [-0.2, 0) is 0 Å². The maximum absolute atomic E-state index is 13.7. The average molecular weight is 330 g/mol. The first-order valence-corrected chi connectivity index (χ1v) is 6.43. The Morgan fingerprint density at radius 2 is 1.68 bits per heavy atom. The number of rotatable bonds is 3. The highest BCUT2D eigenvalue weighted by atomic mass is 79.9. The average Bonchev–Trinajstić information content (AvgIpc) is 2.36. The number of benzene rings is 2. The molecule has 0 aromatic heterocycles. The Morgan fingerprint density at radius 1 is 1.00 bits per heavy atom. The fourth-order valence-electron chi connectivity index (χ4n) is 1.77. The summed E-state index contributed by atoms with van der Waals surface area (Å²) in [7, 11) is 0. The predicted octanol–water partition coefficient (Wildman–Crippen LogP) is 5.04. The molecule has 0 spiro atoms. The van der Waals surface area contributed by atoms with Gasteiger partial charge in [0.05, 0.1) is 11.7 Å². The van der Waals surface area contributed by atoms with E-state index in [1.807, 2.05) is 0 Å². The van der Waals surface area contributed by atoms with Crippen molar-refractivity contribution in [2.75, 3.05) is 5.32 Å². The number of anilines is 1. The minimum atomic E-state index is -0.580. The van der Waals surface area contributed by atoms with E-state index in [0.29, 0.717) is 5.56 Å². The van der Waals surface area contributed by atoms with E-state index >= 15 is 0 Å². The first-order chi connectivity index (χ1) is 8.97. The lowest BCUT2D eigenvalue weighted by molar-refractivity contribution is 0.590. The summed E-state index contributed by atoms with van der Waals surface area (Å²) in [6.45, 7) is 1.68. The van der Waals surface area contributed by atoms with E-state index in [0.717, 1.165) is 22.7 Å². The number of nitrogens with one attached hydrogen (secondary N) is 1. The van der Waals surface area contributed by atoms with Gasteiger partial charge in [0.2, 0.25) is 0 Å². The highest BCUT2D eigenvalue weighted by molar-refractivity contribution is 9.10. The van der Waals surface area contributed by atoms with Crippen LogP contribution < -0.4 is 5.32 Å². The van der Waals surface area contributed by atoms with Gasteiger partial charge in [-0.1, -0.05) is 15.9 Å². The molecule has 0 radical (unpaired) electrons. The SMILES string of the molecule is CC(Nc1cc(F)ccc1F)c1cc(Br)ccc1F. The molecule has 100 valence electrons. The van der Waals surface area contributed by atoms with Gasteiger partial charge in [-0.25, -0.2) is 13.2 Å². The zero-order chi connectivity index (χ0) is 14.0. The third-order valence-corrected chi connectivity index (χ3v) is 3.22. The van der Waals surface area contributed by atoms with Crippen LogP contribution in [0.3, 0.4) is 0 Å².